The molecule has 0 bridgehead atoms. The molecule has 2 aliphatic heterocycles. The molecule has 5 nitrogen and oxygen atoms in total. The molecule has 2 aliphatic rings. The first kappa shape index (κ1) is 12.2. The van der Waals surface area contributed by atoms with E-state index in [0.717, 1.165) is 18.5 Å². The Labute approximate surface area is 111 Å². The molecule has 2 heterocycles. The van der Waals surface area contributed by atoms with Crippen molar-refractivity contribution in [2.24, 2.45) is 0 Å². The maximum absolute atomic E-state index is 12.3. The van der Waals surface area contributed by atoms with Crippen molar-refractivity contribution in [3.63, 3.8) is 0 Å². The Kier molecular flexibility index (Phi) is 3.21. The number of rotatable bonds is 2. The normalized spacial score (nSPS) is 25.6. The number of carbonyl (C=O) groups is 2. The molecule has 5 heteroatoms. The summed E-state index contributed by atoms with van der Waals surface area (Å²) >= 11 is 0. The smallest absolute Gasteiger partial charge is 0.242 e. The minimum atomic E-state index is -0.305. The summed E-state index contributed by atoms with van der Waals surface area (Å²) in [6.07, 6.45) is 1.32. The van der Waals surface area contributed by atoms with Gasteiger partial charge in [0.1, 0.15) is 6.04 Å². The number of benzene rings is 1. The summed E-state index contributed by atoms with van der Waals surface area (Å²) in [5, 5.41) is 8.90. The van der Waals surface area contributed by atoms with Crippen molar-refractivity contribution in [3.05, 3.63) is 35.4 Å². The molecule has 0 spiro atoms. The molecule has 19 heavy (non-hydrogen) atoms. The lowest BCUT2D eigenvalue weighted by Gasteiger charge is -2.27. The molecule has 3 rings (SSSR count). The highest BCUT2D eigenvalue weighted by Crippen LogP contribution is 2.22. The second kappa shape index (κ2) is 5.01. The predicted molar refractivity (Wildman–Crippen MR) is 70.4 cm³/mol. The van der Waals surface area contributed by atoms with Crippen molar-refractivity contribution < 1.29 is 9.59 Å². The molecule has 2 atom stereocenters. The number of nitrogens with one attached hydrogen (secondary N) is 3. The standard InChI is InChI=1S/C14H17N3O2/c18-12-7-10(8-16-12)17-14(19)13-11-4-2-1-3-9(11)5-6-15-13/h1-4,10,13,15H,5-8H2,(H,16,18)(H,17,19). The number of hydrogen-bond donors (Lipinski definition) is 3. The number of hydrogen-bond acceptors (Lipinski definition) is 3. The fourth-order valence-corrected chi connectivity index (χ4v) is 2.73. The largest absolute Gasteiger partial charge is 0.354 e. The number of carbonyl (C=O) groups excluding carboxylic acids is 2. The summed E-state index contributed by atoms with van der Waals surface area (Å²) in [4.78, 5) is 23.4. The van der Waals surface area contributed by atoms with Crippen LogP contribution in [0.3, 0.4) is 0 Å². The Morgan fingerprint density at radius 1 is 1.32 bits per heavy atom. The Morgan fingerprint density at radius 3 is 2.95 bits per heavy atom. The molecule has 2 amide bonds. The monoisotopic (exact) mass is 259 g/mol. The molecule has 0 aromatic heterocycles. The van der Waals surface area contributed by atoms with Crippen molar-refractivity contribution in [3.8, 4) is 0 Å². The molecule has 100 valence electrons. The Morgan fingerprint density at radius 2 is 2.16 bits per heavy atom. The van der Waals surface area contributed by atoms with Gasteiger partial charge in [-0.3, -0.25) is 9.59 Å². The van der Waals surface area contributed by atoms with Crippen LogP contribution >= 0.6 is 0 Å². The van der Waals surface area contributed by atoms with E-state index in [-0.39, 0.29) is 23.9 Å². The second-order valence-corrected chi connectivity index (χ2v) is 5.05. The third kappa shape index (κ3) is 2.46. The van der Waals surface area contributed by atoms with Crippen molar-refractivity contribution in [2.75, 3.05) is 13.1 Å². The van der Waals surface area contributed by atoms with Gasteiger partial charge in [-0.1, -0.05) is 24.3 Å². The lowest BCUT2D eigenvalue weighted by molar-refractivity contribution is -0.124. The maximum Gasteiger partial charge on any atom is 0.242 e. The van der Waals surface area contributed by atoms with Crippen molar-refractivity contribution >= 4 is 11.8 Å². The van der Waals surface area contributed by atoms with Gasteiger partial charge < -0.3 is 16.0 Å². The lowest BCUT2D eigenvalue weighted by Crippen LogP contribution is -2.45. The van der Waals surface area contributed by atoms with Crippen molar-refractivity contribution in [1.82, 2.24) is 16.0 Å². The minimum Gasteiger partial charge on any atom is -0.354 e. The van der Waals surface area contributed by atoms with Crippen molar-refractivity contribution in [1.29, 1.82) is 0 Å². The van der Waals surface area contributed by atoms with E-state index >= 15 is 0 Å². The predicted octanol–water partition coefficient (Wildman–Crippen LogP) is -0.122. The molecule has 3 N–H and O–H groups in total. The van der Waals surface area contributed by atoms with E-state index in [0.29, 0.717) is 13.0 Å². The van der Waals surface area contributed by atoms with Gasteiger partial charge in [-0.15, -0.1) is 0 Å². The van der Waals surface area contributed by atoms with Gasteiger partial charge in [0.05, 0.1) is 6.04 Å². The van der Waals surface area contributed by atoms with Crippen LogP contribution in [0.2, 0.25) is 0 Å². The van der Waals surface area contributed by atoms with Gasteiger partial charge in [0.2, 0.25) is 11.8 Å². The summed E-state index contributed by atoms with van der Waals surface area (Å²) in [6.45, 7) is 1.33. The van der Waals surface area contributed by atoms with Gasteiger partial charge in [0.15, 0.2) is 0 Å². The van der Waals surface area contributed by atoms with E-state index in [4.69, 9.17) is 0 Å². The van der Waals surface area contributed by atoms with Crippen LogP contribution in [0.25, 0.3) is 0 Å². The van der Waals surface area contributed by atoms with E-state index in [1.807, 2.05) is 18.2 Å². The van der Waals surface area contributed by atoms with E-state index in [1.54, 1.807) is 0 Å². The third-order valence-electron chi connectivity index (χ3n) is 3.69. The van der Waals surface area contributed by atoms with Gasteiger partial charge in [0.25, 0.3) is 0 Å². The molecular weight excluding hydrogens is 242 g/mol. The Balaban J connectivity index is 1.72. The fraction of sp³-hybridized carbons (Fsp3) is 0.429. The first-order chi connectivity index (χ1) is 9.24. The van der Waals surface area contributed by atoms with Crippen LogP contribution in [0.5, 0.6) is 0 Å². The minimum absolute atomic E-state index is 0.00213. The molecule has 1 aromatic rings. The number of fused-ring (bicyclic) bond motifs is 1. The average Bonchev–Trinajstić information content (AvgIpc) is 2.83. The van der Waals surface area contributed by atoms with Crippen LogP contribution in [0.15, 0.2) is 24.3 Å². The van der Waals surface area contributed by atoms with Gasteiger partial charge in [0, 0.05) is 19.5 Å². The SMILES string of the molecule is O=C1CC(NC(=O)C2NCCc3ccccc32)CN1. The lowest BCUT2D eigenvalue weighted by atomic mass is 9.94. The first-order valence-electron chi connectivity index (χ1n) is 6.62. The summed E-state index contributed by atoms with van der Waals surface area (Å²) in [5.74, 6) is -0.0454. The van der Waals surface area contributed by atoms with Gasteiger partial charge in [-0.2, -0.15) is 0 Å². The first-order valence-corrected chi connectivity index (χ1v) is 6.62. The highest BCUT2D eigenvalue weighted by Gasteiger charge is 2.29. The molecule has 1 aromatic carbocycles. The Bertz CT molecular complexity index is 515. The van der Waals surface area contributed by atoms with Gasteiger partial charge in [-0.05, 0) is 17.5 Å². The summed E-state index contributed by atoms with van der Waals surface area (Å²) < 4.78 is 0. The molecule has 1 fully saturated rings. The molecular formula is C14H17N3O2. The van der Waals surface area contributed by atoms with Crippen LogP contribution in [0.4, 0.5) is 0 Å². The van der Waals surface area contributed by atoms with Gasteiger partial charge >= 0.3 is 0 Å². The van der Waals surface area contributed by atoms with E-state index in [9.17, 15) is 9.59 Å². The summed E-state index contributed by atoms with van der Waals surface area (Å²) in [7, 11) is 0. The van der Waals surface area contributed by atoms with E-state index < -0.39 is 0 Å². The highest BCUT2D eigenvalue weighted by atomic mass is 16.2. The molecule has 0 saturated carbocycles. The zero-order chi connectivity index (χ0) is 13.2. The topological polar surface area (TPSA) is 70.2 Å². The van der Waals surface area contributed by atoms with Crippen LogP contribution in [-0.4, -0.2) is 30.9 Å². The van der Waals surface area contributed by atoms with E-state index in [2.05, 4.69) is 22.0 Å². The summed E-state index contributed by atoms with van der Waals surface area (Å²) in [5.41, 5.74) is 2.27. The molecule has 2 unspecified atom stereocenters. The maximum atomic E-state index is 12.3. The van der Waals surface area contributed by atoms with Crippen LogP contribution in [0.1, 0.15) is 23.6 Å². The van der Waals surface area contributed by atoms with Crippen LogP contribution < -0.4 is 16.0 Å². The van der Waals surface area contributed by atoms with Crippen molar-refractivity contribution in [2.45, 2.75) is 24.9 Å². The molecule has 0 radical (unpaired) electrons. The second-order valence-electron chi connectivity index (χ2n) is 5.05. The van der Waals surface area contributed by atoms with Crippen LogP contribution in [-0.2, 0) is 16.0 Å². The third-order valence-corrected chi connectivity index (χ3v) is 3.69. The summed E-state index contributed by atoms with van der Waals surface area (Å²) in [6, 6.07) is 7.61. The van der Waals surface area contributed by atoms with E-state index in [1.165, 1.54) is 5.56 Å². The number of amides is 2. The fourth-order valence-electron chi connectivity index (χ4n) is 2.73. The van der Waals surface area contributed by atoms with Gasteiger partial charge in [-0.25, -0.2) is 0 Å². The highest BCUT2D eigenvalue weighted by molar-refractivity contribution is 5.86. The zero-order valence-electron chi connectivity index (χ0n) is 10.6. The molecule has 1 saturated heterocycles. The average molecular weight is 259 g/mol. The zero-order valence-corrected chi connectivity index (χ0v) is 10.6. The quantitative estimate of drug-likeness (QED) is 0.693. The molecule has 0 aliphatic carbocycles. The van der Waals surface area contributed by atoms with Crippen LogP contribution in [0, 0.1) is 0 Å². The Hall–Kier alpha value is -1.88.